The Balaban J connectivity index is 1.68. The number of amides is 2. The number of benzene rings is 3. The van der Waals surface area contributed by atoms with Crippen LogP contribution in [0.15, 0.2) is 78.9 Å². The Kier molecular flexibility index (Phi) is 9.42. The van der Waals surface area contributed by atoms with E-state index in [9.17, 15) is 22.8 Å². The Morgan fingerprint density at radius 1 is 0.973 bits per heavy atom. The van der Waals surface area contributed by atoms with Crippen LogP contribution in [0, 0.1) is 0 Å². The number of halogens is 3. The summed E-state index contributed by atoms with van der Waals surface area (Å²) < 4.78 is 43.5. The highest BCUT2D eigenvalue weighted by Gasteiger charge is 2.30. The molecule has 0 saturated heterocycles. The first-order valence-corrected chi connectivity index (χ1v) is 11.3. The van der Waals surface area contributed by atoms with Gasteiger partial charge in [-0.3, -0.25) is 14.9 Å². The molecule has 0 radical (unpaired) electrons. The van der Waals surface area contributed by atoms with Gasteiger partial charge >= 0.3 is 6.18 Å². The average molecular weight is 513 g/mol. The number of nitrogens with two attached hydrogens (primary N) is 1. The number of anilines is 3. The monoisotopic (exact) mass is 512 g/mol. The Hall–Kier alpha value is -4.15. The summed E-state index contributed by atoms with van der Waals surface area (Å²) in [6.45, 7) is 0.720. The molecule has 3 aromatic rings. The van der Waals surface area contributed by atoms with Crippen molar-refractivity contribution in [1.82, 2.24) is 5.32 Å². The van der Waals surface area contributed by atoms with Crippen molar-refractivity contribution in [2.24, 2.45) is 0 Å². The number of hydrogen-bond acceptors (Lipinski definition) is 5. The van der Waals surface area contributed by atoms with Crippen molar-refractivity contribution in [1.29, 1.82) is 0 Å². The number of ether oxygens (including phenoxy) is 1. The van der Waals surface area contributed by atoms with Crippen molar-refractivity contribution in [2.45, 2.75) is 12.2 Å². The van der Waals surface area contributed by atoms with Crippen LogP contribution < -0.4 is 21.7 Å². The summed E-state index contributed by atoms with van der Waals surface area (Å²) in [5, 5.41) is 8.43. The minimum absolute atomic E-state index is 0.237. The maximum Gasteiger partial charge on any atom is 0.416 e. The van der Waals surface area contributed by atoms with Gasteiger partial charge in [0.15, 0.2) is 0 Å². The molecule has 0 spiro atoms. The van der Waals surface area contributed by atoms with Crippen LogP contribution in [0.25, 0.3) is 6.08 Å². The molecule has 194 valence electrons. The van der Waals surface area contributed by atoms with Gasteiger partial charge in [-0.1, -0.05) is 36.4 Å². The van der Waals surface area contributed by atoms with Crippen LogP contribution >= 0.6 is 0 Å². The van der Waals surface area contributed by atoms with Crippen molar-refractivity contribution in [2.75, 3.05) is 36.6 Å². The number of nitrogen functional groups attached to an aromatic ring is 1. The highest BCUT2D eigenvalue weighted by atomic mass is 19.4. The lowest BCUT2D eigenvalue weighted by Crippen LogP contribution is -2.34. The highest BCUT2D eigenvalue weighted by molar-refractivity contribution is 6.03. The van der Waals surface area contributed by atoms with Gasteiger partial charge in [-0.2, -0.15) is 13.2 Å². The standard InChI is InChI=1S/C27H27F3N4O3/c1-37-17-16-32-25(26(36)33-21-13-11-20(12-14-21)27(28,29)30)19-9-6-18(7-10-19)8-15-24(35)34-23-5-3-2-4-22(23)31/h2-15,25,32H,16-17,31H2,1H3,(H,33,36)(H,34,35)/b15-8+. The molecular formula is C27H27F3N4O3. The minimum Gasteiger partial charge on any atom is -0.397 e. The summed E-state index contributed by atoms with van der Waals surface area (Å²) in [4.78, 5) is 25.2. The molecule has 3 rings (SSSR count). The number of para-hydroxylation sites is 2. The SMILES string of the molecule is COCCNC(C(=O)Nc1ccc(C(F)(F)F)cc1)c1ccc(/C=C/C(=O)Nc2ccccc2N)cc1. The molecule has 1 atom stereocenters. The van der Waals surface area contributed by atoms with E-state index in [0.29, 0.717) is 30.1 Å². The topological polar surface area (TPSA) is 105 Å². The molecule has 0 fully saturated rings. The fraction of sp³-hybridized carbons (Fsp3) is 0.185. The van der Waals surface area contributed by atoms with Crippen LogP contribution in [0.5, 0.6) is 0 Å². The first-order chi connectivity index (χ1) is 17.7. The zero-order chi connectivity index (χ0) is 26.8. The maximum absolute atomic E-state index is 13.0. The van der Waals surface area contributed by atoms with Gasteiger partial charge in [-0.05, 0) is 53.6 Å². The number of carbonyl (C=O) groups is 2. The zero-order valence-corrected chi connectivity index (χ0v) is 20.0. The van der Waals surface area contributed by atoms with Crippen LogP contribution in [0.4, 0.5) is 30.2 Å². The number of methoxy groups -OCH3 is 1. The van der Waals surface area contributed by atoms with Gasteiger partial charge in [0.1, 0.15) is 6.04 Å². The third kappa shape index (κ3) is 8.19. The number of hydrogen-bond donors (Lipinski definition) is 4. The van der Waals surface area contributed by atoms with Crippen LogP contribution in [0.3, 0.4) is 0 Å². The van der Waals surface area contributed by atoms with E-state index in [1.807, 2.05) is 0 Å². The van der Waals surface area contributed by atoms with Gasteiger partial charge in [0.2, 0.25) is 11.8 Å². The molecule has 0 heterocycles. The third-order valence-electron chi connectivity index (χ3n) is 5.31. The van der Waals surface area contributed by atoms with Gasteiger partial charge in [0, 0.05) is 25.4 Å². The van der Waals surface area contributed by atoms with Crippen molar-refractivity contribution >= 4 is 35.0 Å². The molecule has 2 amide bonds. The molecule has 10 heteroatoms. The Morgan fingerprint density at radius 3 is 2.27 bits per heavy atom. The number of rotatable bonds is 10. The van der Waals surface area contributed by atoms with Gasteiger partial charge in [0.25, 0.3) is 0 Å². The zero-order valence-electron chi connectivity index (χ0n) is 20.0. The molecule has 3 aromatic carbocycles. The molecule has 0 saturated carbocycles. The molecule has 0 aliphatic heterocycles. The molecule has 1 unspecified atom stereocenters. The predicted octanol–water partition coefficient (Wildman–Crippen LogP) is 4.86. The van der Waals surface area contributed by atoms with Crippen LogP contribution in [-0.2, 0) is 20.5 Å². The lowest BCUT2D eigenvalue weighted by Gasteiger charge is -2.19. The second-order valence-corrected chi connectivity index (χ2v) is 8.02. The Labute approximate surface area is 212 Å². The predicted molar refractivity (Wildman–Crippen MR) is 138 cm³/mol. The summed E-state index contributed by atoms with van der Waals surface area (Å²) in [6.07, 6.45) is -1.47. The van der Waals surface area contributed by atoms with Gasteiger partial charge in [0.05, 0.1) is 23.5 Å². The van der Waals surface area contributed by atoms with Gasteiger partial charge < -0.3 is 21.1 Å². The molecule has 0 aliphatic rings. The van der Waals surface area contributed by atoms with E-state index < -0.39 is 23.7 Å². The van der Waals surface area contributed by atoms with E-state index in [1.54, 1.807) is 54.6 Å². The summed E-state index contributed by atoms with van der Waals surface area (Å²) in [6, 6.07) is 17.3. The molecule has 0 bridgehead atoms. The Bertz CT molecular complexity index is 1230. The summed E-state index contributed by atoms with van der Waals surface area (Å²) in [5.74, 6) is -0.795. The van der Waals surface area contributed by atoms with Gasteiger partial charge in [-0.25, -0.2) is 0 Å². The second kappa shape index (κ2) is 12.7. The average Bonchev–Trinajstić information content (AvgIpc) is 2.87. The molecule has 5 N–H and O–H groups in total. The normalized spacial score (nSPS) is 12.3. The van der Waals surface area contributed by atoms with Crippen molar-refractivity contribution in [3.8, 4) is 0 Å². The molecule has 37 heavy (non-hydrogen) atoms. The molecule has 0 aliphatic carbocycles. The summed E-state index contributed by atoms with van der Waals surface area (Å²) in [5.41, 5.74) is 7.58. The minimum atomic E-state index is -4.46. The number of carbonyl (C=O) groups excluding carboxylic acids is 2. The summed E-state index contributed by atoms with van der Waals surface area (Å²) in [7, 11) is 1.53. The van der Waals surface area contributed by atoms with E-state index in [0.717, 1.165) is 17.7 Å². The van der Waals surface area contributed by atoms with Crippen molar-refractivity contribution < 1.29 is 27.5 Å². The first kappa shape index (κ1) is 27.4. The Morgan fingerprint density at radius 2 is 1.65 bits per heavy atom. The van der Waals surface area contributed by atoms with Crippen LogP contribution in [0.2, 0.25) is 0 Å². The van der Waals surface area contributed by atoms with Crippen molar-refractivity contribution in [3.05, 3.63) is 95.6 Å². The van der Waals surface area contributed by atoms with Crippen molar-refractivity contribution in [3.63, 3.8) is 0 Å². The lowest BCUT2D eigenvalue weighted by atomic mass is 10.0. The fourth-order valence-corrected chi connectivity index (χ4v) is 3.38. The number of nitrogens with one attached hydrogen (secondary N) is 3. The van der Waals surface area contributed by atoms with E-state index in [1.165, 1.54) is 25.3 Å². The van der Waals surface area contributed by atoms with Crippen LogP contribution in [-0.4, -0.2) is 32.1 Å². The van der Waals surface area contributed by atoms with E-state index in [2.05, 4.69) is 16.0 Å². The number of alkyl halides is 3. The van der Waals surface area contributed by atoms with Gasteiger partial charge in [-0.15, -0.1) is 0 Å². The lowest BCUT2D eigenvalue weighted by molar-refractivity contribution is -0.137. The maximum atomic E-state index is 13.0. The van der Waals surface area contributed by atoms with E-state index >= 15 is 0 Å². The first-order valence-electron chi connectivity index (χ1n) is 11.3. The highest BCUT2D eigenvalue weighted by Crippen LogP contribution is 2.30. The van der Waals surface area contributed by atoms with E-state index in [-0.39, 0.29) is 11.6 Å². The fourth-order valence-electron chi connectivity index (χ4n) is 3.38. The largest absolute Gasteiger partial charge is 0.416 e. The van der Waals surface area contributed by atoms with E-state index in [4.69, 9.17) is 10.5 Å². The summed E-state index contributed by atoms with van der Waals surface area (Å²) >= 11 is 0. The third-order valence-corrected chi connectivity index (χ3v) is 5.31. The molecular weight excluding hydrogens is 485 g/mol. The molecule has 0 aromatic heterocycles. The van der Waals surface area contributed by atoms with Crippen LogP contribution in [0.1, 0.15) is 22.7 Å². The second-order valence-electron chi connectivity index (χ2n) is 8.02. The molecule has 7 nitrogen and oxygen atoms in total. The smallest absolute Gasteiger partial charge is 0.397 e. The quantitative estimate of drug-likeness (QED) is 0.177.